The van der Waals surface area contributed by atoms with Gasteiger partial charge in [-0.2, -0.15) is 0 Å². The molecule has 0 saturated heterocycles. The molecule has 0 spiro atoms. The van der Waals surface area contributed by atoms with E-state index in [1.165, 1.54) is 70.2 Å². The van der Waals surface area contributed by atoms with Gasteiger partial charge in [0.15, 0.2) is 0 Å². The number of hydrogen-bond donors (Lipinski definition) is 0. The summed E-state index contributed by atoms with van der Waals surface area (Å²) in [6.07, 6.45) is 54.5. The summed E-state index contributed by atoms with van der Waals surface area (Å²) < 4.78 is 13.8. The highest BCUT2D eigenvalue weighted by Gasteiger charge is 2.60. The molecule has 0 N–H and O–H groups in total. The molecule has 10 aliphatic carbocycles. The van der Waals surface area contributed by atoms with Gasteiger partial charge in [0.05, 0.1) is 5.92 Å². The van der Waals surface area contributed by atoms with E-state index in [0.717, 1.165) is 88.4 Å². The van der Waals surface area contributed by atoms with Crippen LogP contribution in [-0.2, 0) is 21.6 Å². The number of carbonyl (C=O) groups is 1. The van der Waals surface area contributed by atoms with Crippen molar-refractivity contribution in [2.24, 2.45) is 53.3 Å². The zero-order valence-corrected chi connectivity index (χ0v) is 48.7. The molecule has 4 aromatic rings. The van der Waals surface area contributed by atoms with E-state index < -0.39 is 5.92 Å². The summed E-state index contributed by atoms with van der Waals surface area (Å²) in [5.74, 6) is 3.79. The number of ether oxygens (including phenoxy) is 2. The Morgan fingerprint density at radius 3 is 2.27 bits per heavy atom. The van der Waals surface area contributed by atoms with Crippen LogP contribution >= 0.6 is 0 Å². The summed E-state index contributed by atoms with van der Waals surface area (Å²) in [7, 11) is 0. The monoisotopic (exact) mass is 1090 g/mol. The lowest BCUT2D eigenvalue weighted by Gasteiger charge is -2.50. The van der Waals surface area contributed by atoms with Gasteiger partial charge < -0.3 is 9.47 Å². The molecule has 83 heavy (non-hydrogen) atoms. The zero-order valence-electron chi connectivity index (χ0n) is 48.7. The van der Waals surface area contributed by atoms with Gasteiger partial charge >= 0.3 is 5.97 Å². The molecule has 0 saturated carbocycles. The van der Waals surface area contributed by atoms with Crippen molar-refractivity contribution in [2.75, 3.05) is 0 Å². The summed E-state index contributed by atoms with van der Waals surface area (Å²) in [6, 6.07) is 40.6. The molecule has 0 fully saturated rings. The predicted octanol–water partition coefficient (Wildman–Crippen LogP) is 19.3. The smallest absolute Gasteiger partial charge is 0.314 e. The highest BCUT2D eigenvalue weighted by Crippen LogP contribution is 2.67. The molecule has 13 unspecified atom stereocenters. The fourth-order valence-corrected chi connectivity index (χ4v) is 18.7. The van der Waals surface area contributed by atoms with Gasteiger partial charge in [-0.1, -0.05) is 212 Å². The van der Waals surface area contributed by atoms with E-state index in [1.807, 2.05) is 6.07 Å². The van der Waals surface area contributed by atoms with Gasteiger partial charge in [0.1, 0.15) is 18.5 Å². The minimum atomic E-state index is -0.444. The first-order valence-electron chi connectivity index (χ1n) is 32.4. The quantitative estimate of drug-likeness (QED) is 0.111. The molecule has 0 bridgehead atoms. The molecule has 0 radical (unpaired) electrons. The van der Waals surface area contributed by atoms with Gasteiger partial charge in [-0.25, -0.2) is 0 Å². The van der Waals surface area contributed by atoms with Crippen LogP contribution in [0, 0.1) is 53.3 Å². The Morgan fingerprint density at radius 2 is 1.42 bits per heavy atom. The van der Waals surface area contributed by atoms with Gasteiger partial charge in [-0.05, 0) is 205 Å². The fraction of sp³-hybridized carbons (Fsp3) is 0.388. The van der Waals surface area contributed by atoms with Crippen LogP contribution in [0.25, 0.3) is 0 Å². The Labute approximate surface area is 494 Å². The summed E-state index contributed by atoms with van der Waals surface area (Å²) >= 11 is 0. The lowest BCUT2D eigenvalue weighted by molar-refractivity contribution is -0.150. The fourth-order valence-electron chi connectivity index (χ4n) is 18.7. The molecule has 3 nitrogen and oxygen atoms in total. The summed E-state index contributed by atoms with van der Waals surface area (Å²) in [5, 5.41) is 0. The molecule has 13 atom stereocenters. The Kier molecular flexibility index (Phi) is 14.3. The number of para-hydroxylation sites is 1. The minimum Gasteiger partial charge on any atom is -0.489 e. The van der Waals surface area contributed by atoms with E-state index >= 15 is 4.79 Å². The Morgan fingerprint density at radius 1 is 0.602 bits per heavy atom. The Hall–Kier alpha value is -6.97. The van der Waals surface area contributed by atoms with Crippen LogP contribution in [-0.4, -0.2) is 12.1 Å². The van der Waals surface area contributed by atoms with E-state index in [1.54, 1.807) is 27.8 Å². The lowest BCUT2D eigenvalue weighted by Crippen LogP contribution is -2.45. The van der Waals surface area contributed by atoms with Crippen molar-refractivity contribution in [3.63, 3.8) is 0 Å². The van der Waals surface area contributed by atoms with Crippen LogP contribution in [0.3, 0.4) is 0 Å². The number of fused-ring (bicyclic) bond motifs is 6. The highest BCUT2D eigenvalue weighted by molar-refractivity contribution is 5.79. The van der Waals surface area contributed by atoms with Crippen LogP contribution in [0.15, 0.2) is 250 Å². The average molecular weight is 1090 g/mol. The molecule has 0 amide bonds. The SMILES string of the molecule is CC1CCC=CC1C1C=C(C2=CCCC(C3=C(C4C=C(C5=CCC(C6=CCCC7=C6CCC=C7)C=C5)C=CC4)CC4c5ccccc5OC4C3)C2C(=O)OCc2ccccc2)CC2C1c1ccccc1C2(c1ccccc1)C1CC=CCC1. The van der Waals surface area contributed by atoms with Crippen LogP contribution in [0.4, 0.5) is 0 Å². The lowest BCUT2D eigenvalue weighted by atomic mass is 9.53. The Bertz CT molecular complexity index is 3560. The molecular formula is C80H82O3. The largest absolute Gasteiger partial charge is 0.489 e. The van der Waals surface area contributed by atoms with Gasteiger partial charge in [0.25, 0.3) is 0 Å². The third-order valence-electron chi connectivity index (χ3n) is 22.4. The highest BCUT2D eigenvalue weighted by atomic mass is 16.5. The van der Waals surface area contributed by atoms with Crippen molar-refractivity contribution in [1.82, 2.24) is 0 Å². The molecular weight excluding hydrogens is 1010 g/mol. The maximum absolute atomic E-state index is 16.1. The van der Waals surface area contributed by atoms with Crippen molar-refractivity contribution in [3.05, 3.63) is 278 Å². The van der Waals surface area contributed by atoms with Gasteiger partial charge in [-0.15, -0.1) is 0 Å². The normalized spacial score (nSPS) is 33.1. The van der Waals surface area contributed by atoms with Gasteiger partial charge in [-0.3, -0.25) is 4.79 Å². The van der Waals surface area contributed by atoms with E-state index in [2.05, 4.69) is 201 Å². The van der Waals surface area contributed by atoms with Crippen molar-refractivity contribution in [3.8, 4) is 5.75 Å². The molecule has 420 valence electrons. The minimum absolute atomic E-state index is 0.0230. The van der Waals surface area contributed by atoms with E-state index in [4.69, 9.17) is 9.47 Å². The second-order valence-corrected chi connectivity index (χ2v) is 26.5. The Balaban J connectivity index is 0.848. The van der Waals surface area contributed by atoms with Crippen molar-refractivity contribution >= 4 is 5.97 Å². The van der Waals surface area contributed by atoms with Crippen LogP contribution in [0.5, 0.6) is 5.75 Å². The molecule has 11 aliphatic rings. The third-order valence-corrected chi connectivity index (χ3v) is 22.4. The van der Waals surface area contributed by atoms with Crippen molar-refractivity contribution < 1.29 is 14.3 Å². The molecule has 4 aromatic carbocycles. The average Bonchev–Trinajstić information content (AvgIpc) is 3.24. The first kappa shape index (κ1) is 52.8. The number of benzene rings is 4. The second-order valence-electron chi connectivity index (χ2n) is 26.5. The standard InChI is InChI=1S/C80H82O3/c1-52-22-11-13-33-62(52)72-47-59(48-74-77(72)68-36-15-17-40-73(68)80(74,60-29-7-3-8-30-60)61-31-9-4-10-32-61)65-38-21-39-67(78(65)79(81)82-51-53-23-5-2-6-24-53)70-50-76-71(66-35-16-18-41-75(66)83-76)49-69(70)58-28-19-27-57(46-58)54-42-44-56(45-43-54)64-37-20-26-55-25-12-14-34-63(55)64/h2-9,12-13,15-19,23-25,27,29-30,33,35-38,40-44,46-47,52,56,58,61-62,67,71-72,74,76-78H,10-11,14,20-22,26,28,31-32,34,39,45,48-51H2,1H3. The molecule has 3 heteroatoms. The summed E-state index contributed by atoms with van der Waals surface area (Å²) in [4.78, 5) is 16.1. The first-order valence-corrected chi connectivity index (χ1v) is 32.4. The molecule has 0 aromatic heterocycles. The topological polar surface area (TPSA) is 35.5 Å². The van der Waals surface area contributed by atoms with Gasteiger partial charge in [0.2, 0.25) is 0 Å². The third kappa shape index (κ3) is 9.43. The molecule has 1 heterocycles. The number of esters is 1. The van der Waals surface area contributed by atoms with Gasteiger partial charge in [0, 0.05) is 35.2 Å². The van der Waals surface area contributed by atoms with Crippen molar-refractivity contribution in [2.45, 2.75) is 140 Å². The van der Waals surface area contributed by atoms with Crippen LogP contribution < -0.4 is 4.74 Å². The number of allylic oxidation sites excluding steroid dienone is 22. The van der Waals surface area contributed by atoms with E-state index in [-0.39, 0.29) is 47.8 Å². The zero-order chi connectivity index (χ0) is 55.4. The molecule has 1 aliphatic heterocycles. The van der Waals surface area contributed by atoms with E-state index in [9.17, 15) is 0 Å². The van der Waals surface area contributed by atoms with Crippen molar-refractivity contribution in [1.29, 1.82) is 0 Å². The first-order chi connectivity index (χ1) is 41.0. The van der Waals surface area contributed by atoms with Crippen LogP contribution in [0.1, 0.15) is 149 Å². The summed E-state index contributed by atoms with van der Waals surface area (Å²) in [5.41, 5.74) is 19.8. The number of hydrogen-bond acceptors (Lipinski definition) is 3. The second kappa shape index (κ2) is 22.6. The predicted molar refractivity (Wildman–Crippen MR) is 337 cm³/mol. The molecule has 15 rings (SSSR count). The van der Waals surface area contributed by atoms with E-state index in [0.29, 0.717) is 35.5 Å². The van der Waals surface area contributed by atoms with Crippen LogP contribution in [0.2, 0.25) is 0 Å². The number of carbonyl (C=O) groups excluding carboxylic acids is 1. The maximum atomic E-state index is 16.1. The number of rotatable bonds is 11. The maximum Gasteiger partial charge on any atom is 0.314 e. The summed E-state index contributed by atoms with van der Waals surface area (Å²) in [6.45, 7) is 2.78.